The minimum atomic E-state index is 1.09. The second kappa shape index (κ2) is 3.91. The van der Waals surface area contributed by atoms with Crippen molar-refractivity contribution in [3.05, 3.63) is 54.1 Å². The van der Waals surface area contributed by atoms with E-state index < -0.39 is 0 Å². The Hall–Kier alpha value is -1.30. The van der Waals surface area contributed by atoms with E-state index >= 15 is 0 Å². The van der Waals surface area contributed by atoms with Crippen molar-refractivity contribution in [2.45, 2.75) is 13.8 Å². The van der Waals surface area contributed by atoms with E-state index in [9.17, 15) is 0 Å². The Kier molecular flexibility index (Phi) is 2.87. The van der Waals surface area contributed by atoms with Crippen LogP contribution in [0.4, 0.5) is 0 Å². The first-order valence-corrected chi connectivity index (χ1v) is 4.09. The SMILES string of the molecule is C=C(C)/C=C(\C)c1ccccc1. The predicted molar refractivity (Wildman–Crippen MR) is 54.9 cm³/mol. The summed E-state index contributed by atoms with van der Waals surface area (Å²) in [7, 11) is 0. The van der Waals surface area contributed by atoms with Gasteiger partial charge in [0.25, 0.3) is 0 Å². The molecule has 1 aromatic rings. The number of benzene rings is 1. The Morgan fingerprint density at radius 2 is 1.75 bits per heavy atom. The molecule has 0 saturated carbocycles. The van der Waals surface area contributed by atoms with Gasteiger partial charge in [0.15, 0.2) is 0 Å². The van der Waals surface area contributed by atoms with Gasteiger partial charge in [0.2, 0.25) is 0 Å². The zero-order valence-corrected chi connectivity index (χ0v) is 7.67. The van der Waals surface area contributed by atoms with Crippen LogP contribution in [0.25, 0.3) is 5.57 Å². The van der Waals surface area contributed by atoms with Crippen LogP contribution in [0.2, 0.25) is 0 Å². The molecule has 0 N–H and O–H groups in total. The fourth-order valence-electron chi connectivity index (χ4n) is 1.15. The molecule has 0 radical (unpaired) electrons. The Bertz CT molecular complexity index is 291. The van der Waals surface area contributed by atoms with Crippen molar-refractivity contribution in [1.29, 1.82) is 0 Å². The standard InChI is InChI=1S/C12H14/c1-10(2)9-11(3)12-7-5-4-6-8-12/h4-9H,1H2,2-3H3/b11-9+. The van der Waals surface area contributed by atoms with E-state index in [1.54, 1.807) is 0 Å². The van der Waals surface area contributed by atoms with E-state index in [0.29, 0.717) is 0 Å². The van der Waals surface area contributed by atoms with Crippen LogP contribution in [0.5, 0.6) is 0 Å². The second-order valence-corrected chi connectivity index (χ2v) is 3.04. The molecule has 12 heavy (non-hydrogen) atoms. The lowest BCUT2D eigenvalue weighted by atomic mass is 10.1. The molecule has 0 aliphatic carbocycles. The molecule has 0 heteroatoms. The van der Waals surface area contributed by atoms with E-state index in [2.05, 4.69) is 31.7 Å². The second-order valence-electron chi connectivity index (χ2n) is 3.04. The predicted octanol–water partition coefficient (Wildman–Crippen LogP) is 3.67. The van der Waals surface area contributed by atoms with E-state index in [-0.39, 0.29) is 0 Å². The molecule has 1 aromatic carbocycles. The van der Waals surface area contributed by atoms with Crippen LogP contribution in [0.15, 0.2) is 48.6 Å². The van der Waals surface area contributed by atoms with Gasteiger partial charge in [0, 0.05) is 0 Å². The van der Waals surface area contributed by atoms with Crippen molar-refractivity contribution in [1.82, 2.24) is 0 Å². The highest BCUT2D eigenvalue weighted by molar-refractivity contribution is 5.65. The summed E-state index contributed by atoms with van der Waals surface area (Å²) < 4.78 is 0. The van der Waals surface area contributed by atoms with Crippen LogP contribution in [0.3, 0.4) is 0 Å². The maximum Gasteiger partial charge on any atom is -0.0227 e. The Labute approximate surface area is 74.2 Å². The summed E-state index contributed by atoms with van der Waals surface area (Å²) in [4.78, 5) is 0. The third-order valence-electron chi connectivity index (χ3n) is 1.69. The first kappa shape index (κ1) is 8.79. The molecule has 0 spiro atoms. The summed E-state index contributed by atoms with van der Waals surface area (Å²) in [5.74, 6) is 0. The summed E-state index contributed by atoms with van der Waals surface area (Å²) in [5, 5.41) is 0. The summed E-state index contributed by atoms with van der Waals surface area (Å²) >= 11 is 0. The molecule has 0 atom stereocenters. The van der Waals surface area contributed by atoms with Crippen LogP contribution >= 0.6 is 0 Å². The minimum Gasteiger partial charge on any atom is -0.0961 e. The zero-order valence-electron chi connectivity index (χ0n) is 7.67. The third-order valence-corrected chi connectivity index (χ3v) is 1.69. The fourth-order valence-corrected chi connectivity index (χ4v) is 1.15. The lowest BCUT2D eigenvalue weighted by Gasteiger charge is -1.99. The highest BCUT2D eigenvalue weighted by atomic mass is 14.0. The molecule has 0 bridgehead atoms. The van der Waals surface area contributed by atoms with Crippen molar-refractivity contribution in [2.24, 2.45) is 0 Å². The van der Waals surface area contributed by atoms with Gasteiger partial charge < -0.3 is 0 Å². The van der Waals surface area contributed by atoms with Crippen molar-refractivity contribution in [2.75, 3.05) is 0 Å². The van der Waals surface area contributed by atoms with Crippen LogP contribution in [0, 0.1) is 0 Å². The lowest BCUT2D eigenvalue weighted by molar-refractivity contribution is 1.51. The molecular formula is C12H14. The zero-order chi connectivity index (χ0) is 8.97. The van der Waals surface area contributed by atoms with Crippen LogP contribution in [-0.4, -0.2) is 0 Å². The molecule has 62 valence electrons. The molecule has 0 fully saturated rings. The molecule has 0 aliphatic rings. The first-order valence-electron chi connectivity index (χ1n) is 4.09. The largest absolute Gasteiger partial charge is 0.0961 e. The summed E-state index contributed by atoms with van der Waals surface area (Å²) in [5.41, 5.74) is 3.62. The van der Waals surface area contributed by atoms with Crippen LogP contribution < -0.4 is 0 Å². The minimum absolute atomic E-state index is 1.09. The highest BCUT2D eigenvalue weighted by Crippen LogP contribution is 2.14. The Morgan fingerprint density at radius 1 is 1.17 bits per heavy atom. The summed E-state index contributed by atoms with van der Waals surface area (Å²) in [6, 6.07) is 10.3. The molecule has 0 nitrogen and oxygen atoms in total. The van der Waals surface area contributed by atoms with E-state index in [4.69, 9.17) is 0 Å². The first-order chi connectivity index (χ1) is 5.70. The lowest BCUT2D eigenvalue weighted by Crippen LogP contribution is -1.77. The number of hydrogen-bond acceptors (Lipinski definition) is 0. The fraction of sp³-hybridized carbons (Fsp3) is 0.167. The summed E-state index contributed by atoms with van der Waals surface area (Å²) in [6.07, 6.45) is 2.09. The van der Waals surface area contributed by atoms with Crippen LogP contribution in [0.1, 0.15) is 19.4 Å². The van der Waals surface area contributed by atoms with Gasteiger partial charge >= 0.3 is 0 Å². The number of hydrogen-bond donors (Lipinski definition) is 0. The van der Waals surface area contributed by atoms with Gasteiger partial charge in [-0.15, -0.1) is 0 Å². The highest BCUT2D eigenvalue weighted by Gasteiger charge is 1.91. The average Bonchev–Trinajstić information content (AvgIpc) is 2.05. The van der Waals surface area contributed by atoms with Crippen molar-refractivity contribution >= 4 is 5.57 Å². The Balaban J connectivity index is 2.93. The molecule has 0 unspecified atom stereocenters. The topological polar surface area (TPSA) is 0 Å². The van der Waals surface area contributed by atoms with Gasteiger partial charge in [-0.1, -0.05) is 48.6 Å². The van der Waals surface area contributed by atoms with Gasteiger partial charge in [-0.3, -0.25) is 0 Å². The van der Waals surface area contributed by atoms with Crippen molar-refractivity contribution in [3.8, 4) is 0 Å². The Morgan fingerprint density at radius 3 is 2.25 bits per heavy atom. The maximum atomic E-state index is 3.84. The molecule has 0 saturated heterocycles. The van der Waals surface area contributed by atoms with Gasteiger partial charge in [0.05, 0.1) is 0 Å². The molecule has 0 amide bonds. The van der Waals surface area contributed by atoms with Gasteiger partial charge in [0.1, 0.15) is 0 Å². The number of rotatable bonds is 2. The molecular weight excluding hydrogens is 144 g/mol. The van der Waals surface area contributed by atoms with Gasteiger partial charge in [-0.25, -0.2) is 0 Å². The van der Waals surface area contributed by atoms with E-state index in [0.717, 1.165) is 5.57 Å². The smallest absolute Gasteiger partial charge is 0.0227 e. The van der Waals surface area contributed by atoms with Crippen molar-refractivity contribution < 1.29 is 0 Å². The van der Waals surface area contributed by atoms with Gasteiger partial charge in [-0.05, 0) is 25.0 Å². The molecule has 0 heterocycles. The molecule has 1 rings (SSSR count). The third kappa shape index (κ3) is 2.39. The van der Waals surface area contributed by atoms with Crippen molar-refractivity contribution in [3.63, 3.8) is 0 Å². The van der Waals surface area contributed by atoms with E-state index in [1.165, 1.54) is 11.1 Å². The summed E-state index contributed by atoms with van der Waals surface area (Å²) in [6.45, 7) is 7.95. The van der Waals surface area contributed by atoms with Crippen LogP contribution in [-0.2, 0) is 0 Å². The molecule has 0 aliphatic heterocycles. The maximum absolute atomic E-state index is 3.84. The van der Waals surface area contributed by atoms with Gasteiger partial charge in [-0.2, -0.15) is 0 Å². The monoisotopic (exact) mass is 158 g/mol. The average molecular weight is 158 g/mol. The van der Waals surface area contributed by atoms with E-state index in [1.807, 2.05) is 25.1 Å². The quantitative estimate of drug-likeness (QED) is 0.576. The normalized spacial score (nSPS) is 11.3. The molecule has 0 aromatic heterocycles. The number of allylic oxidation sites excluding steroid dienone is 3.